The van der Waals surface area contributed by atoms with Gasteiger partial charge in [-0.3, -0.25) is 9.78 Å². The second-order valence-corrected chi connectivity index (χ2v) is 16.2. The zero-order chi connectivity index (χ0) is 42.1. The quantitative estimate of drug-likeness (QED) is 0.0291. The Labute approximate surface area is 346 Å². The molecule has 0 aliphatic carbocycles. The number of nitrogens with one attached hydrogen (secondary N) is 1. The summed E-state index contributed by atoms with van der Waals surface area (Å²) in [5.41, 5.74) is 1.37. The fourth-order valence-electron chi connectivity index (χ4n) is 7.12. The second kappa shape index (κ2) is 19.7. The van der Waals surface area contributed by atoms with Crippen molar-refractivity contribution in [1.29, 1.82) is 5.26 Å². The first-order chi connectivity index (χ1) is 28.5. The van der Waals surface area contributed by atoms with E-state index < -0.39 is 32.6 Å². The van der Waals surface area contributed by atoms with Crippen molar-refractivity contribution in [3.05, 3.63) is 112 Å². The molecule has 1 aliphatic rings. The fourth-order valence-corrected chi connectivity index (χ4v) is 8.87. The predicted octanol–water partition coefficient (Wildman–Crippen LogP) is 7.32. The normalized spacial score (nSPS) is 17.6. The van der Waals surface area contributed by atoms with Crippen molar-refractivity contribution in [2.24, 2.45) is 4.99 Å². The van der Waals surface area contributed by atoms with Crippen molar-refractivity contribution in [2.75, 3.05) is 41.5 Å². The van der Waals surface area contributed by atoms with Gasteiger partial charge in [0.05, 0.1) is 52.4 Å². The Kier molecular flexibility index (Phi) is 14.5. The molecular formula is C43H53N8O7P. The zero-order valence-electron chi connectivity index (χ0n) is 34.8. The number of hydrogen-bond donors (Lipinski definition) is 1. The largest absolute Gasteiger partial charge is 0.497 e. The first kappa shape index (κ1) is 43.4. The Hall–Kier alpha value is -5.20. The van der Waals surface area contributed by atoms with Crippen LogP contribution in [-0.2, 0) is 24.1 Å². The average Bonchev–Trinajstić information content (AvgIpc) is 3.85. The van der Waals surface area contributed by atoms with Crippen molar-refractivity contribution in [2.45, 2.75) is 76.7 Å². The minimum Gasteiger partial charge on any atom is -0.497 e. The van der Waals surface area contributed by atoms with Crippen molar-refractivity contribution in [3.63, 3.8) is 0 Å². The van der Waals surface area contributed by atoms with Gasteiger partial charge in [-0.25, -0.2) is 14.3 Å². The smallest absolute Gasteiger partial charge is 0.263 e. The molecule has 1 saturated heterocycles. The van der Waals surface area contributed by atoms with Crippen LogP contribution in [0.2, 0.25) is 0 Å². The van der Waals surface area contributed by atoms with Gasteiger partial charge in [0.15, 0.2) is 11.9 Å². The number of aliphatic imine (C=N–C) groups is 1. The van der Waals surface area contributed by atoms with E-state index in [9.17, 15) is 10.1 Å². The van der Waals surface area contributed by atoms with Gasteiger partial charge < -0.3 is 32.9 Å². The summed E-state index contributed by atoms with van der Waals surface area (Å²) in [6.07, 6.45) is 1.88. The Morgan fingerprint density at radius 1 is 0.983 bits per heavy atom. The third kappa shape index (κ3) is 9.99. The third-order valence-corrected chi connectivity index (χ3v) is 12.0. The Morgan fingerprint density at radius 2 is 1.59 bits per heavy atom. The molecule has 6 rings (SSSR count). The molecule has 1 aliphatic heterocycles. The number of H-pyrrole nitrogens is 1. The van der Waals surface area contributed by atoms with Crippen molar-refractivity contribution in [1.82, 2.24) is 29.3 Å². The molecule has 0 amide bonds. The summed E-state index contributed by atoms with van der Waals surface area (Å²) in [7, 11) is 5.27. The van der Waals surface area contributed by atoms with Crippen LogP contribution in [0.25, 0.3) is 11.0 Å². The number of rotatable bonds is 19. The molecule has 16 heteroatoms. The minimum absolute atomic E-state index is 0.0713. The molecule has 59 heavy (non-hydrogen) atoms. The number of nitrogens with zero attached hydrogens (tertiary/aromatic N) is 7. The fraction of sp³-hybridized carbons (Fsp3) is 0.419. The molecule has 3 heterocycles. The van der Waals surface area contributed by atoms with Crippen LogP contribution in [0.15, 0.2) is 94.8 Å². The van der Waals surface area contributed by atoms with Gasteiger partial charge in [0.2, 0.25) is 5.95 Å². The molecule has 4 atom stereocenters. The topological polar surface area (TPSA) is 162 Å². The van der Waals surface area contributed by atoms with E-state index in [1.807, 2.05) is 93.0 Å². The van der Waals surface area contributed by atoms with E-state index >= 15 is 0 Å². The molecule has 2 aromatic heterocycles. The van der Waals surface area contributed by atoms with Crippen molar-refractivity contribution in [3.8, 4) is 17.6 Å². The maximum atomic E-state index is 13.2. The van der Waals surface area contributed by atoms with Crippen LogP contribution in [0.3, 0.4) is 0 Å². The van der Waals surface area contributed by atoms with Gasteiger partial charge in [0.25, 0.3) is 14.1 Å². The number of ether oxygens (including phenoxy) is 4. The van der Waals surface area contributed by atoms with Gasteiger partial charge in [-0.1, -0.05) is 54.6 Å². The number of benzene rings is 3. The number of nitriles is 1. The summed E-state index contributed by atoms with van der Waals surface area (Å²) >= 11 is 0. The molecule has 0 radical (unpaired) electrons. The molecule has 0 bridgehead atoms. The van der Waals surface area contributed by atoms with E-state index in [2.05, 4.69) is 53.4 Å². The molecule has 1 N–H and O–H groups in total. The number of aromatic amines is 1. The van der Waals surface area contributed by atoms with Gasteiger partial charge in [-0.15, -0.1) is 5.10 Å². The van der Waals surface area contributed by atoms with Crippen LogP contribution in [0.1, 0.15) is 63.5 Å². The Balaban J connectivity index is 1.43. The Morgan fingerprint density at radius 3 is 2.15 bits per heavy atom. The summed E-state index contributed by atoms with van der Waals surface area (Å²) < 4.78 is 42.4. The summed E-state index contributed by atoms with van der Waals surface area (Å²) in [5.74, 6) is 1.56. The predicted molar refractivity (Wildman–Crippen MR) is 227 cm³/mol. The van der Waals surface area contributed by atoms with E-state index in [1.165, 1.54) is 0 Å². The van der Waals surface area contributed by atoms with Gasteiger partial charge in [0, 0.05) is 38.8 Å². The van der Waals surface area contributed by atoms with Gasteiger partial charge in [-0.2, -0.15) is 10.2 Å². The molecule has 5 aromatic rings. The van der Waals surface area contributed by atoms with Crippen LogP contribution in [0.5, 0.6) is 11.5 Å². The highest BCUT2D eigenvalue weighted by Gasteiger charge is 2.45. The van der Waals surface area contributed by atoms with E-state index in [0.29, 0.717) is 23.3 Å². The lowest BCUT2D eigenvalue weighted by Gasteiger charge is -2.39. The minimum atomic E-state index is -1.66. The summed E-state index contributed by atoms with van der Waals surface area (Å²) in [6, 6.07) is 28.1. The maximum absolute atomic E-state index is 13.2. The van der Waals surface area contributed by atoms with Crippen LogP contribution in [-0.4, -0.2) is 101 Å². The zero-order valence-corrected chi connectivity index (χ0v) is 35.7. The lowest BCUT2D eigenvalue weighted by Crippen LogP contribution is -2.39. The third-order valence-electron chi connectivity index (χ3n) is 9.81. The maximum Gasteiger partial charge on any atom is 0.263 e. The molecule has 0 spiro atoms. The number of methoxy groups -OCH3 is 2. The molecule has 15 nitrogen and oxygen atoms in total. The van der Waals surface area contributed by atoms with Crippen LogP contribution >= 0.6 is 8.53 Å². The van der Waals surface area contributed by atoms with E-state index in [1.54, 1.807) is 36.3 Å². The van der Waals surface area contributed by atoms with E-state index in [0.717, 1.165) is 16.7 Å². The van der Waals surface area contributed by atoms with Gasteiger partial charge in [0.1, 0.15) is 28.6 Å². The molecule has 1 unspecified atom stereocenters. The summed E-state index contributed by atoms with van der Waals surface area (Å²) in [6.45, 7) is 8.65. The summed E-state index contributed by atoms with van der Waals surface area (Å²) in [5, 5.41) is 14.4. The van der Waals surface area contributed by atoms with Gasteiger partial charge >= 0.3 is 0 Å². The molecule has 312 valence electrons. The first-order valence-electron chi connectivity index (χ1n) is 19.6. The second-order valence-electron chi connectivity index (χ2n) is 14.8. The number of fused-ring (bicyclic) bond motifs is 1. The SMILES string of the molecule is COc1ccc(C(OC[C@H]2O[C@@H](n3cc4c(=O)[nH]c(/N=C/N(C)C)nc4n3)C[C@@H]2OP(OCCC#N)N(C(C)C)C(C)C)(c2ccccc2)c2ccc(OC)cc2)cc1. The number of aromatic nitrogens is 4. The van der Waals surface area contributed by atoms with E-state index in [-0.39, 0.29) is 48.9 Å². The highest BCUT2D eigenvalue weighted by Crippen LogP contribution is 2.51. The standard InChI is InChI=1S/C43H53N8O7P/c1-29(2)51(30(3)4)59(56-24-12-23-44)58-37-25-39(50-26-36-40(48-50)46-42(47-41(36)52)45-28-49(5)6)57-38(37)27-55-43(31-13-10-9-11-14-31,32-15-19-34(53-7)20-16-32)33-17-21-35(54-8)22-18-33/h9-11,13-22,26,28-30,37-39H,12,24-25,27H2,1-8H3,(H,46,47,48,52)/b45-28+/t37-,38+,39+,59?/m0/s1. The molecule has 3 aromatic carbocycles. The number of hydrogen-bond acceptors (Lipinski definition) is 12. The van der Waals surface area contributed by atoms with Crippen LogP contribution in [0, 0.1) is 11.3 Å². The lowest BCUT2D eigenvalue weighted by molar-refractivity contribution is -0.0937. The lowest BCUT2D eigenvalue weighted by atomic mass is 9.80. The monoisotopic (exact) mass is 824 g/mol. The highest BCUT2D eigenvalue weighted by atomic mass is 31.2. The van der Waals surface area contributed by atoms with Crippen molar-refractivity contribution < 1.29 is 28.0 Å². The van der Waals surface area contributed by atoms with E-state index in [4.69, 9.17) is 33.1 Å². The van der Waals surface area contributed by atoms with Crippen LogP contribution < -0.4 is 15.0 Å². The van der Waals surface area contributed by atoms with Crippen LogP contribution in [0.4, 0.5) is 5.95 Å². The molecule has 1 fully saturated rings. The van der Waals surface area contributed by atoms with Crippen molar-refractivity contribution >= 4 is 31.8 Å². The first-order valence-corrected chi connectivity index (χ1v) is 20.7. The molecular weight excluding hydrogens is 771 g/mol. The Bertz CT molecular complexity index is 2190. The molecule has 0 saturated carbocycles. The highest BCUT2D eigenvalue weighted by molar-refractivity contribution is 7.44. The summed E-state index contributed by atoms with van der Waals surface area (Å²) in [4.78, 5) is 26.4. The van der Waals surface area contributed by atoms with Gasteiger partial charge in [-0.05, 0) is 68.7 Å². The average molecular weight is 825 g/mol.